The highest BCUT2D eigenvalue weighted by atomic mass is 16.7. The minimum absolute atomic E-state index is 0.351. The number of hydrogen-bond donors (Lipinski definition) is 1. The maximum atomic E-state index is 5.79. The minimum Gasteiger partial charge on any atom is -0.366 e. The zero-order chi connectivity index (χ0) is 17.1. The lowest BCUT2D eigenvalue weighted by atomic mass is 10.0. The summed E-state index contributed by atoms with van der Waals surface area (Å²) in [6.45, 7) is 6.03. The van der Waals surface area contributed by atoms with Gasteiger partial charge in [0, 0.05) is 38.5 Å². The molecule has 2 aromatic rings. The number of benzene rings is 1. The lowest BCUT2D eigenvalue weighted by molar-refractivity contribution is -0.169. The van der Waals surface area contributed by atoms with E-state index >= 15 is 0 Å². The zero-order valence-electron chi connectivity index (χ0n) is 14.6. The summed E-state index contributed by atoms with van der Waals surface area (Å²) in [4.78, 5) is 11.1. The standard InChI is InChI=1S/C19H24N4O2/c1-15-2-4-16(5-3-15)13-20-17-12-18(22-14-21-17)23-8-6-19(7-9-23)24-10-11-25-19/h2-5,12,14H,6-11,13H2,1H3,(H,20,21,22). The Morgan fingerprint density at radius 1 is 1.08 bits per heavy atom. The summed E-state index contributed by atoms with van der Waals surface area (Å²) in [5.41, 5.74) is 2.51. The second kappa shape index (κ2) is 6.98. The molecule has 6 heteroatoms. The highest BCUT2D eigenvalue weighted by Gasteiger charge is 2.40. The molecule has 0 unspecified atom stereocenters. The van der Waals surface area contributed by atoms with E-state index in [2.05, 4.69) is 51.4 Å². The summed E-state index contributed by atoms with van der Waals surface area (Å²) in [5.74, 6) is 1.45. The number of ether oxygens (including phenoxy) is 2. The molecule has 6 nitrogen and oxygen atoms in total. The first kappa shape index (κ1) is 16.3. The molecule has 0 aliphatic carbocycles. The number of rotatable bonds is 4. The van der Waals surface area contributed by atoms with E-state index in [4.69, 9.17) is 9.47 Å². The van der Waals surface area contributed by atoms with Crippen LogP contribution in [0.2, 0.25) is 0 Å². The summed E-state index contributed by atoms with van der Waals surface area (Å²) in [5, 5.41) is 3.38. The third-order valence-electron chi connectivity index (χ3n) is 4.91. The van der Waals surface area contributed by atoms with Crippen molar-refractivity contribution in [3.63, 3.8) is 0 Å². The fourth-order valence-corrected chi connectivity index (χ4v) is 3.38. The van der Waals surface area contributed by atoms with Crippen LogP contribution in [0.3, 0.4) is 0 Å². The summed E-state index contributed by atoms with van der Waals surface area (Å²) >= 11 is 0. The SMILES string of the molecule is Cc1ccc(CNc2cc(N3CCC4(CC3)OCCO4)ncn2)cc1. The van der Waals surface area contributed by atoms with Gasteiger partial charge < -0.3 is 19.7 Å². The molecule has 2 saturated heterocycles. The molecule has 1 aromatic carbocycles. The van der Waals surface area contributed by atoms with Crippen molar-refractivity contribution in [3.05, 3.63) is 47.8 Å². The maximum Gasteiger partial charge on any atom is 0.171 e. The zero-order valence-corrected chi connectivity index (χ0v) is 14.6. The van der Waals surface area contributed by atoms with Gasteiger partial charge in [-0.2, -0.15) is 0 Å². The molecule has 4 rings (SSSR count). The van der Waals surface area contributed by atoms with Crippen LogP contribution in [0.25, 0.3) is 0 Å². The quantitative estimate of drug-likeness (QED) is 0.923. The molecule has 1 aromatic heterocycles. The monoisotopic (exact) mass is 340 g/mol. The highest BCUT2D eigenvalue weighted by molar-refractivity contribution is 5.49. The molecular formula is C19H24N4O2. The number of nitrogens with zero attached hydrogens (tertiary/aromatic N) is 3. The van der Waals surface area contributed by atoms with E-state index in [-0.39, 0.29) is 5.79 Å². The summed E-state index contributed by atoms with van der Waals surface area (Å²) in [6, 6.07) is 10.5. The van der Waals surface area contributed by atoms with Gasteiger partial charge in [0.2, 0.25) is 0 Å². The van der Waals surface area contributed by atoms with E-state index in [1.807, 2.05) is 6.07 Å². The molecule has 0 saturated carbocycles. The van der Waals surface area contributed by atoms with Crippen LogP contribution >= 0.6 is 0 Å². The largest absolute Gasteiger partial charge is 0.366 e. The number of nitrogens with one attached hydrogen (secondary N) is 1. The molecule has 1 spiro atoms. The molecule has 0 radical (unpaired) electrons. The molecule has 0 bridgehead atoms. The van der Waals surface area contributed by atoms with Gasteiger partial charge in [0.05, 0.1) is 13.2 Å². The van der Waals surface area contributed by atoms with Crippen molar-refractivity contribution in [3.8, 4) is 0 Å². The van der Waals surface area contributed by atoms with Gasteiger partial charge in [0.1, 0.15) is 18.0 Å². The first-order chi connectivity index (χ1) is 12.2. The predicted octanol–water partition coefficient (Wildman–Crippen LogP) is 2.74. The number of anilines is 2. The van der Waals surface area contributed by atoms with Crippen molar-refractivity contribution >= 4 is 11.6 Å². The molecule has 0 amide bonds. The lowest BCUT2D eigenvalue weighted by Gasteiger charge is -2.38. The maximum absolute atomic E-state index is 5.79. The van der Waals surface area contributed by atoms with E-state index < -0.39 is 0 Å². The number of aryl methyl sites for hydroxylation is 1. The average molecular weight is 340 g/mol. The van der Waals surface area contributed by atoms with Gasteiger partial charge in [0.25, 0.3) is 0 Å². The third kappa shape index (κ3) is 3.75. The van der Waals surface area contributed by atoms with E-state index in [1.54, 1.807) is 6.33 Å². The van der Waals surface area contributed by atoms with Crippen LogP contribution in [0.15, 0.2) is 36.7 Å². The van der Waals surface area contributed by atoms with Crippen LogP contribution < -0.4 is 10.2 Å². The molecule has 3 heterocycles. The number of aromatic nitrogens is 2. The summed E-state index contributed by atoms with van der Waals surface area (Å²) in [7, 11) is 0. The van der Waals surface area contributed by atoms with Crippen molar-refractivity contribution in [2.45, 2.75) is 32.1 Å². The van der Waals surface area contributed by atoms with Crippen LogP contribution in [0, 0.1) is 6.92 Å². The Kier molecular flexibility index (Phi) is 4.55. The van der Waals surface area contributed by atoms with Crippen LogP contribution in [0.4, 0.5) is 11.6 Å². The molecule has 2 fully saturated rings. The highest BCUT2D eigenvalue weighted by Crippen LogP contribution is 2.32. The topological polar surface area (TPSA) is 59.5 Å². The Morgan fingerprint density at radius 3 is 2.52 bits per heavy atom. The normalized spacial score (nSPS) is 19.3. The molecule has 132 valence electrons. The van der Waals surface area contributed by atoms with Gasteiger partial charge >= 0.3 is 0 Å². The molecule has 0 atom stereocenters. The smallest absolute Gasteiger partial charge is 0.171 e. The Morgan fingerprint density at radius 2 is 1.80 bits per heavy atom. The van der Waals surface area contributed by atoms with Crippen LogP contribution in [-0.2, 0) is 16.0 Å². The van der Waals surface area contributed by atoms with Crippen molar-refractivity contribution in [1.82, 2.24) is 9.97 Å². The van der Waals surface area contributed by atoms with Gasteiger partial charge in [0.15, 0.2) is 5.79 Å². The fraction of sp³-hybridized carbons (Fsp3) is 0.474. The fourth-order valence-electron chi connectivity index (χ4n) is 3.38. The lowest BCUT2D eigenvalue weighted by Crippen LogP contribution is -2.45. The summed E-state index contributed by atoms with van der Waals surface area (Å²) < 4.78 is 11.6. The molecular weight excluding hydrogens is 316 g/mol. The summed E-state index contributed by atoms with van der Waals surface area (Å²) in [6.07, 6.45) is 3.38. The van der Waals surface area contributed by atoms with E-state index in [0.717, 1.165) is 44.1 Å². The van der Waals surface area contributed by atoms with Gasteiger partial charge in [-0.3, -0.25) is 0 Å². The number of hydrogen-bond acceptors (Lipinski definition) is 6. The minimum atomic E-state index is -0.351. The second-order valence-electron chi connectivity index (χ2n) is 6.70. The Hall–Kier alpha value is -2.18. The Balaban J connectivity index is 1.37. The van der Waals surface area contributed by atoms with Crippen LogP contribution in [-0.4, -0.2) is 42.1 Å². The van der Waals surface area contributed by atoms with Crippen molar-refractivity contribution in [2.75, 3.05) is 36.5 Å². The van der Waals surface area contributed by atoms with Gasteiger partial charge in [-0.15, -0.1) is 0 Å². The molecule has 1 N–H and O–H groups in total. The second-order valence-corrected chi connectivity index (χ2v) is 6.70. The molecule has 25 heavy (non-hydrogen) atoms. The van der Waals surface area contributed by atoms with Crippen LogP contribution in [0.5, 0.6) is 0 Å². The van der Waals surface area contributed by atoms with E-state index in [9.17, 15) is 0 Å². The molecule has 2 aliphatic heterocycles. The average Bonchev–Trinajstić information content (AvgIpc) is 3.10. The van der Waals surface area contributed by atoms with Crippen LogP contribution in [0.1, 0.15) is 24.0 Å². The first-order valence-corrected chi connectivity index (χ1v) is 8.87. The van der Waals surface area contributed by atoms with Gasteiger partial charge in [-0.1, -0.05) is 29.8 Å². The Labute approximate surface area is 148 Å². The molecule has 2 aliphatic rings. The van der Waals surface area contributed by atoms with Gasteiger partial charge in [-0.05, 0) is 12.5 Å². The Bertz CT molecular complexity index is 704. The number of piperidine rings is 1. The first-order valence-electron chi connectivity index (χ1n) is 8.87. The predicted molar refractivity (Wildman–Crippen MR) is 96.6 cm³/mol. The third-order valence-corrected chi connectivity index (χ3v) is 4.91. The van der Waals surface area contributed by atoms with E-state index in [0.29, 0.717) is 13.2 Å². The van der Waals surface area contributed by atoms with E-state index in [1.165, 1.54) is 11.1 Å². The van der Waals surface area contributed by atoms with Crippen molar-refractivity contribution < 1.29 is 9.47 Å². The van der Waals surface area contributed by atoms with Crippen molar-refractivity contribution in [2.24, 2.45) is 0 Å². The van der Waals surface area contributed by atoms with Gasteiger partial charge in [-0.25, -0.2) is 9.97 Å². The van der Waals surface area contributed by atoms with Crippen molar-refractivity contribution in [1.29, 1.82) is 0 Å².